The second-order valence-electron chi connectivity index (χ2n) is 14.1. The fraction of sp³-hybridized carbons (Fsp3) is 0. The molecule has 0 N–H and O–H groups in total. The normalized spacial score (nSPS) is 12.1. The summed E-state index contributed by atoms with van der Waals surface area (Å²) in [6.45, 7) is 0. The predicted molar refractivity (Wildman–Crippen MR) is 229 cm³/mol. The van der Waals surface area contributed by atoms with E-state index in [4.69, 9.17) is 9.97 Å². The number of nitrogens with zero attached hydrogens (tertiary/aromatic N) is 3. The quantitative estimate of drug-likeness (QED) is 0.171. The fourth-order valence-electron chi connectivity index (χ4n) is 8.73. The van der Waals surface area contributed by atoms with Crippen LogP contribution in [0.3, 0.4) is 0 Å². The van der Waals surface area contributed by atoms with E-state index >= 15 is 0 Å². The number of aromatic nitrogens is 3. The zero-order valence-corrected chi connectivity index (χ0v) is 29.8. The molecule has 0 spiro atoms. The lowest BCUT2D eigenvalue weighted by atomic mass is 9.98. The molecule has 0 fully saturated rings. The molecule has 0 radical (unpaired) electrons. The fourth-order valence-corrected chi connectivity index (χ4v) is 9.95. The average molecular weight is 704 g/mol. The molecule has 3 aromatic heterocycles. The maximum Gasteiger partial charge on any atom is 0.160 e. The van der Waals surface area contributed by atoms with Crippen molar-refractivity contribution in [2.45, 2.75) is 0 Å². The molecule has 0 bridgehead atoms. The predicted octanol–water partition coefficient (Wildman–Crippen LogP) is 13.8. The van der Waals surface area contributed by atoms with Gasteiger partial charge in [0.2, 0.25) is 0 Å². The third-order valence-corrected chi connectivity index (χ3v) is 12.3. The van der Waals surface area contributed by atoms with Crippen LogP contribution in [0.4, 0.5) is 0 Å². The molecule has 3 heterocycles. The maximum atomic E-state index is 5.37. The summed E-state index contributed by atoms with van der Waals surface area (Å²) in [6, 6.07) is 63.4. The van der Waals surface area contributed by atoms with Crippen LogP contribution >= 0.6 is 11.3 Å². The third-order valence-electron chi connectivity index (χ3n) is 11.1. The second kappa shape index (κ2) is 11.3. The lowest BCUT2D eigenvalue weighted by Crippen LogP contribution is -1.99. The Kier molecular flexibility index (Phi) is 6.21. The summed E-state index contributed by atoms with van der Waals surface area (Å²) in [5.74, 6) is 0.699. The van der Waals surface area contributed by atoms with Gasteiger partial charge in [-0.3, -0.25) is 0 Å². The first-order valence-corrected chi connectivity index (χ1v) is 19.1. The third kappa shape index (κ3) is 4.29. The standard InChI is InChI=1S/C50H29N3S/c1-3-18-36-30(11-1)13-8-21-38(36)42-29-43(39-22-9-14-31-12-2-4-19-37(31)39)52-50(51-42)34-16-7-17-35(27-34)53-44-23-10-15-32-25-26-33-28-41-40-20-5-6-24-45(40)54-49(41)48(53)47(33)46(32)44/h1-29H. The largest absolute Gasteiger partial charge is 0.308 e. The highest BCUT2D eigenvalue weighted by atomic mass is 32.1. The van der Waals surface area contributed by atoms with E-state index in [2.05, 4.69) is 180 Å². The molecule has 0 aliphatic carbocycles. The second-order valence-corrected chi connectivity index (χ2v) is 15.2. The monoisotopic (exact) mass is 703 g/mol. The number of hydrogen-bond donors (Lipinski definition) is 0. The van der Waals surface area contributed by atoms with Crippen molar-refractivity contribution in [1.82, 2.24) is 14.5 Å². The van der Waals surface area contributed by atoms with E-state index in [0.717, 1.165) is 33.8 Å². The lowest BCUT2D eigenvalue weighted by Gasteiger charge is -2.14. The van der Waals surface area contributed by atoms with E-state index in [-0.39, 0.29) is 0 Å². The molecule has 250 valence electrons. The molecular weight excluding hydrogens is 675 g/mol. The summed E-state index contributed by atoms with van der Waals surface area (Å²) >= 11 is 1.89. The molecule has 54 heavy (non-hydrogen) atoms. The summed E-state index contributed by atoms with van der Waals surface area (Å²) in [4.78, 5) is 10.7. The van der Waals surface area contributed by atoms with Gasteiger partial charge in [-0.2, -0.15) is 0 Å². The first-order valence-electron chi connectivity index (χ1n) is 18.3. The minimum Gasteiger partial charge on any atom is -0.308 e. The molecule has 4 heteroatoms. The van der Waals surface area contributed by atoms with Gasteiger partial charge in [-0.1, -0.05) is 140 Å². The van der Waals surface area contributed by atoms with E-state index in [1.807, 2.05) is 11.3 Å². The SMILES string of the molecule is c1cc(-c2nc(-c3cccc4ccccc34)cc(-c3cccc4ccccc34)n2)cc(-n2c3cccc4ccc5cc6c7ccccc7sc6c2c5c43)c1. The number of fused-ring (bicyclic) bond motifs is 6. The molecule has 0 aliphatic rings. The van der Waals surface area contributed by atoms with Crippen molar-refractivity contribution in [3.8, 4) is 39.6 Å². The number of hydrogen-bond acceptors (Lipinski definition) is 3. The lowest BCUT2D eigenvalue weighted by molar-refractivity contribution is 1.16. The first-order chi connectivity index (χ1) is 26.8. The summed E-state index contributed by atoms with van der Waals surface area (Å²) in [6.07, 6.45) is 0. The van der Waals surface area contributed by atoms with E-state index in [1.165, 1.54) is 74.3 Å². The summed E-state index contributed by atoms with van der Waals surface area (Å²) < 4.78 is 5.09. The molecule has 0 saturated carbocycles. The van der Waals surface area contributed by atoms with Gasteiger partial charge < -0.3 is 4.57 Å². The van der Waals surface area contributed by atoms with Crippen molar-refractivity contribution in [2.24, 2.45) is 0 Å². The van der Waals surface area contributed by atoms with E-state index in [9.17, 15) is 0 Å². The van der Waals surface area contributed by atoms with Crippen LogP contribution in [0, 0.1) is 0 Å². The highest BCUT2D eigenvalue weighted by Crippen LogP contribution is 2.47. The van der Waals surface area contributed by atoms with Crippen LogP contribution in [-0.4, -0.2) is 14.5 Å². The molecule has 0 aliphatic heterocycles. The van der Waals surface area contributed by atoms with Gasteiger partial charge in [0.1, 0.15) is 0 Å². The molecule has 0 amide bonds. The van der Waals surface area contributed by atoms with Crippen LogP contribution < -0.4 is 0 Å². The van der Waals surface area contributed by atoms with Crippen LogP contribution in [0.2, 0.25) is 0 Å². The molecule has 9 aromatic carbocycles. The summed E-state index contributed by atoms with van der Waals surface area (Å²) in [7, 11) is 0. The van der Waals surface area contributed by atoms with Crippen LogP contribution in [0.15, 0.2) is 176 Å². The maximum absolute atomic E-state index is 5.37. The number of thiophene rings is 1. The summed E-state index contributed by atoms with van der Waals surface area (Å²) in [5.41, 5.74) is 8.52. The molecule has 0 unspecified atom stereocenters. The minimum atomic E-state index is 0.699. The van der Waals surface area contributed by atoms with Crippen molar-refractivity contribution in [3.05, 3.63) is 176 Å². The van der Waals surface area contributed by atoms with Gasteiger partial charge in [0.25, 0.3) is 0 Å². The van der Waals surface area contributed by atoms with Crippen LogP contribution in [0.5, 0.6) is 0 Å². The highest BCUT2D eigenvalue weighted by Gasteiger charge is 2.22. The van der Waals surface area contributed by atoms with Gasteiger partial charge in [-0.15, -0.1) is 11.3 Å². The van der Waals surface area contributed by atoms with E-state index in [0.29, 0.717) is 5.82 Å². The van der Waals surface area contributed by atoms with E-state index < -0.39 is 0 Å². The van der Waals surface area contributed by atoms with Crippen molar-refractivity contribution in [2.75, 3.05) is 0 Å². The van der Waals surface area contributed by atoms with Crippen molar-refractivity contribution >= 4 is 85.6 Å². The Labute approximate surface area is 314 Å². The number of benzene rings is 9. The zero-order chi connectivity index (χ0) is 35.3. The van der Waals surface area contributed by atoms with Gasteiger partial charge in [0.15, 0.2) is 5.82 Å². The van der Waals surface area contributed by atoms with Gasteiger partial charge in [0.05, 0.1) is 27.1 Å². The molecule has 3 nitrogen and oxygen atoms in total. The molecule has 12 aromatic rings. The van der Waals surface area contributed by atoms with Gasteiger partial charge >= 0.3 is 0 Å². The zero-order valence-electron chi connectivity index (χ0n) is 29.0. The van der Waals surface area contributed by atoms with E-state index in [1.54, 1.807) is 0 Å². The topological polar surface area (TPSA) is 30.7 Å². The summed E-state index contributed by atoms with van der Waals surface area (Å²) in [5, 5.41) is 12.5. The highest BCUT2D eigenvalue weighted by molar-refractivity contribution is 7.26. The Balaban J connectivity index is 1.14. The van der Waals surface area contributed by atoms with Crippen molar-refractivity contribution in [3.63, 3.8) is 0 Å². The Hall–Kier alpha value is -6.88. The van der Waals surface area contributed by atoms with Gasteiger partial charge in [-0.05, 0) is 68.7 Å². The Bertz CT molecular complexity index is 3350. The number of rotatable bonds is 4. The smallest absolute Gasteiger partial charge is 0.160 e. The molecule has 0 saturated heterocycles. The molecule has 0 atom stereocenters. The molecule has 12 rings (SSSR count). The van der Waals surface area contributed by atoms with Crippen molar-refractivity contribution in [1.29, 1.82) is 0 Å². The minimum absolute atomic E-state index is 0.699. The van der Waals surface area contributed by atoms with Crippen LogP contribution in [-0.2, 0) is 0 Å². The van der Waals surface area contributed by atoms with Crippen LogP contribution in [0.25, 0.3) is 114 Å². The van der Waals surface area contributed by atoms with Crippen molar-refractivity contribution < 1.29 is 0 Å². The average Bonchev–Trinajstić information content (AvgIpc) is 3.79. The first kappa shape index (κ1) is 29.7. The Morgan fingerprint density at radius 1 is 0.426 bits per heavy atom. The Morgan fingerprint density at radius 2 is 1.04 bits per heavy atom. The van der Waals surface area contributed by atoms with Gasteiger partial charge in [0, 0.05) is 48.6 Å². The van der Waals surface area contributed by atoms with Crippen LogP contribution in [0.1, 0.15) is 0 Å². The molecular formula is C50H29N3S. The van der Waals surface area contributed by atoms with Gasteiger partial charge in [-0.25, -0.2) is 9.97 Å². The Morgan fingerprint density at radius 3 is 1.80 bits per heavy atom.